The SMILES string of the molecule is C[C@H](CCBr)CC1CCCCC1. The van der Waals surface area contributed by atoms with Gasteiger partial charge < -0.3 is 0 Å². The lowest BCUT2D eigenvalue weighted by atomic mass is 9.83. The highest BCUT2D eigenvalue weighted by atomic mass is 79.9. The molecule has 0 spiro atoms. The molecule has 1 atom stereocenters. The summed E-state index contributed by atoms with van der Waals surface area (Å²) >= 11 is 3.51. The van der Waals surface area contributed by atoms with E-state index in [4.69, 9.17) is 0 Å². The smallest absolute Gasteiger partial charge is 0.00338 e. The van der Waals surface area contributed by atoms with Crippen LogP contribution in [-0.4, -0.2) is 5.33 Å². The Balaban J connectivity index is 2.11. The first-order valence-electron chi connectivity index (χ1n) is 5.39. The lowest BCUT2D eigenvalue weighted by molar-refractivity contribution is 0.294. The van der Waals surface area contributed by atoms with Crippen molar-refractivity contribution < 1.29 is 0 Å². The quantitative estimate of drug-likeness (QED) is 0.632. The zero-order valence-corrected chi connectivity index (χ0v) is 9.78. The van der Waals surface area contributed by atoms with E-state index in [9.17, 15) is 0 Å². The van der Waals surface area contributed by atoms with E-state index in [0.717, 1.165) is 11.8 Å². The molecule has 0 aromatic heterocycles. The number of hydrogen-bond donors (Lipinski definition) is 0. The molecule has 0 bridgehead atoms. The molecule has 0 saturated heterocycles. The van der Waals surface area contributed by atoms with Crippen LogP contribution in [0.15, 0.2) is 0 Å². The maximum absolute atomic E-state index is 3.51. The van der Waals surface area contributed by atoms with Crippen molar-refractivity contribution in [3.8, 4) is 0 Å². The van der Waals surface area contributed by atoms with Gasteiger partial charge in [0.25, 0.3) is 0 Å². The molecule has 0 heterocycles. The molecule has 0 aromatic carbocycles. The van der Waals surface area contributed by atoms with Gasteiger partial charge in [0.15, 0.2) is 0 Å². The van der Waals surface area contributed by atoms with E-state index in [1.165, 1.54) is 50.3 Å². The van der Waals surface area contributed by atoms with Crippen molar-refractivity contribution in [1.82, 2.24) is 0 Å². The molecule has 0 N–H and O–H groups in total. The van der Waals surface area contributed by atoms with Gasteiger partial charge in [0, 0.05) is 5.33 Å². The summed E-state index contributed by atoms with van der Waals surface area (Å²) in [6.45, 7) is 2.40. The fraction of sp³-hybridized carbons (Fsp3) is 1.00. The van der Waals surface area contributed by atoms with Gasteiger partial charge in [-0.05, 0) is 24.7 Å². The first kappa shape index (κ1) is 10.6. The fourth-order valence-electron chi connectivity index (χ4n) is 2.30. The van der Waals surface area contributed by atoms with Crippen molar-refractivity contribution in [2.24, 2.45) is 11.8 Å². The molecule has 0 nitrogen and oxygen atoms in total. The maximum Gasteiger partial charge on any atom is 0.00338 e. The average molecular weight is 233 g/mol. The molecule has 1 saturated carbocycles. The normalized spacial score (nSPS) is 22.5. The average Bonchev–Trinajstić information content (AvgIpc) is 2.06. The van der Waals surface area contributed by atoms with E-state index in [-0.39, 0.29) is 0 Å². The third-order valence-corrected chi connectivity index (χ3v) is 3.52. The predicted octanol–water partition coefficient (Wildman–Crippen LogP) is 4.38. The second-order valence-corrected chi connectivity index (χ2v) is 5.12. The number of hydrogen-bond acceptors (Lipinski definition) is 0. The van der Waals surface area contributed by atoms with Gasteiger partial charge in [0.05, 0.1) is 0 Å². The van der Waals surface area contributed by atoms with Gasteiger partial charge in [0.2, 0.25) is 0 Å². The minimum atomic E-state index is 0.937. The van der Waals surface area contributed by atoms with Crippen LogP contribution in [0.25, 0.3) is 0 Å². The van der Waals surface area contributed by atoms with Crippen molar-refractivity contribution in [2.75, 3.05) is 5.33 Å². The molecule has 1 rings (SSSR count). The molecule has 72 valence electrons. The molecular formula is C11H21Br. The Morgan fingerprint density at radius 2 is 1.92 bits per heavy atom. The van der Waals surface area contributed by atoms with Crippen LogP contribution in [0.2, 0.25) is 0 Å². The van der Waals surface area contributed by atoms with E-state index >= 15 is 0 Å². The molecule has 0 radical (unpaired) electrons. The lowest BCUT2D eigenvalue weighted by Crippen LogP contribution is -2.10. The van der Waals surface area contributed by atoms with E-state index < -0.39 is 0 Å². The second-order valence-electron chi connectivity index (χ2n) is 4.32. The zero-order valence-electron chi connectivity index (χ0n) is 8.19. The van der Waals surface area contributed by atoms with Gasteiger partial charge in [-0.1, -0.05) is 55.0 Å². The van der Waals surface area contributed by atoms with Gasteiger partial charge in [-0.15, -0.1) is 0 Å². The van der Waals surface area contributed by atoms with Crippen LogP contribution in [0.3, 0.4) is 0 Å². The minimum absolute atomic E-state index is 0.937. The molecule has 0 aliphatic heterocycles. The summed E-state index contributed by atoms with van der Waals surface area (Å²) < 4.78 is 0. The van der Waals surface area contributed by atoms with Crippen LogP contribution in [0.5, 0.6) is 0 Å². The highest BCUT2D eigenvalue weighted by Crippen LogP contribution is 2.29. The Morgan fingerprint density at radius 3 is 2.50 bits per heavy atom. The topological polar surface area (TPSA) is 0 Å². The predicted molar refractivity (Wildman–Crippen MR) is 58.8 cm³/mol. The highest BCUT2D eigenvalue weighted by Gasteiger charge is 2.15. The molecular weight excluding hydrogens is 212 g/mol. The Kier molecular flexibility index (Phi) is 5.29. The lowest BCUT2D eigenvalue weighted by Gasteiger charge is -2.24. The first-order chi connectivity index (χ1) is 5.83. The molecule has 0 amide bonds. The van der Waals surface area contributed by atoms with Crippen LogP contribution in [0, 0.1) is 11.8 Å². The molecule has 12 heavy (non-hydrogen) atoms. The largest absolute Gasteiger partial charge is 0.0928 e. The summed E-state index contributed by atoms with van der Waals surface area (Å²) in [6, 6.07) is 0. The Labute approximate surface area is 85.3 Å². The molecule has 0 aromatic rings. The first-order valence-corrected chi connectivity index (χ1v) is 6.51. The fourth-order valence-corrected chi connectivity index (χ4v) is 3.08. The number of halogens is 1. The van der Waals surface area contributed by atoms with E-state index in [2.05, 4.69) is 22.9 Å². The van der Waals surface area contributed by atoms with Gasteiger partial charge in [-0.25, -0.2) is 0 Å². The van der Waals surface area contributed by atoms with Crippen LogP contribution >= 0.6 is 15.9 Å². The molecule has 1 aliphatic carbocycles. The van der Waals surface area contributed by atoms with Crippen molar-refractivity contribution in [1.29, 1.82) is 0 Å². The van der Waals surface area contributed by atoms with Crippen LogP contribution in [0.1, 0.15) is 51.9 Å². The number of alkyl halides is 1. The summed E-state index contributed by atoms with van der Waals surface area (Å²) in [5, 5.41) is 1.18. The summed E-state index contributed by atoms with van der Waals surface area (Å²) in [6.07, 6.45) is 10.3. The third-order valence-electron chi connectivity index (χ3n) is 3.06. The summed E-state index contributed by atoms with van der Waals surface area (Å²) in [7, 11) is 0. The van der Waals surface area contributed by atoms with Crippen LogP contribution < -0.4 is 0 Å². The minimum Gasteiger partial charge on any atom is -0.0928 e. The van der Waals surface area contributed by atoms with Gasteiger partial charge in [-0.2, -0.15) is 0 Å². The van der Waals surface area contributed by atoms with E-state index in [0.29, 0.717) is 0 Å². The van der Waals surface area contributed by atoms with Crippen molar-refractivity contribution in [2.45, 2.75) is 51.9 Å². The van der Waals surface area contributed by atoms with Gasteiger partial charge in [0.1, 0.15) is 0 Å². The molecule has 0 unspecified atom stereocenters. The standard InChI is InChI=1S/C11H21Br/c1-10(7-8-12)9-11-5-3-2-4-6-11/h10-11H,2-9H2,1H3/t10-/m1/s1. The summed E-state index contributed by atoms with van der Waals surface area (Å²) in [4.78, 5) is 0. The van der Waals surface area contributed by atoms with Crippen molar-refractivity contribution in [3.05, 3.63) is 0 Å². The third kappa shape index (κ3) is 3.93. The Hall–Kier alpha value is 0.480. The van der Waals surface area contributed by atoms with Gasteiger partial charge in [-0.3, -0.25) is 0 Å². The molecule has 1 fully saturated rings. The van der Waals surface area contributed by atoms with Crippen LogP contribution in [0.4, 0.5) is 0 Å². The zero-order chi connectivity index (χ0) is 8.81. The van der Waals surface area contributed by atoms with Crippen LogP contribution in [-0.2, 0) is 0 Å². The monoisotopic (exact) mass is 232 g/mol. The summed E-state index contributed by atoms with van der Waals surface area (Å²) in [5.74, 6) is 2.00. The summed E-state index contributed by atoms with van der Waals surface area (Å²) in [5.41, 5.74) is 0. The highest BCUT2D eigenvalue weighted by molar-refractivity contribution is 9.09. The maximum atomic E-state index is 3.51. The van der Waals surface area contributed by atoms with E-state index in [1.54, 1.807) is 0 Å². The van der Waals surface area contributed by atoms with Crippen molar-refractivity contribution >= 4 is 15.9 Å². The number of rotatable bonds is 4. The Morgan fingerprint density at radius 1 is 1.25 bits per heavy atom. The Bertz CT molecular complexity index is 106. The van der Waals surface area contributed by atoms with Gasteiger partial charge >= 0.3 is 0 Å². The second kappa shape index (κ2) is 6.01. The molecule has 1 aliphatic rings. The van der Waals surface area contributed by atoms with Crippen molar-refractivity contribution in [3.63, 3.8) is 0 Å². The van der Waals surface area contributed by atoms with E-state index in [1.807, 2.05) is 0 Å². The molecule has 1 heteroatoms.